The lowest BCUT2D eigenvalue weighted by atomic mass is 9.83. The van der Waals surface area contributed by atoms with Gasteiger partial charge in [0.15, 0.2) is 0 Å². The third kappa shape index (κ3) is 3.52. The lowest BCUT2D eigenvalue weighted by molar-refractivity contribution is -0.150. The standard InChI is InChI=1S/C17H26N2O6S/c1-3-26(22,23)19-8-6-17(7-9-19)14(12(2)16(21)25-17)15(20)18-11-13-5-4-10-24-13/h13H,3-11H2,1-2H3,(H,18,20)/t13-/m0/s1. The first-order chi connectivity index (χ1) is 12.3. The van der Waals surface area contributed by atoms with Crippen LogP contribution in [0, 0.1) is 0 Å². The van der Waals surface area contributed by atoms with E-state index >= 15 is 0 Å². The highest BCUT2D eigenvalue weighted by atomic mass is 32.2. The second-order valence-electron chi connectivity index (χ2n) is 7.03. The Labute approximate surface area is 153 Å². The van der Waals surface area contributed by atoms with E-state index in [9.17, 15) is 18.0 Å². The summed E-state index contributed by atoms with van der Waals surface area (Å²) in [5.41, 5.74) is -0.377. The normalized spacial score (nSPS) is 26.4. The third-order valence-electron chi connectivity index (χ3n) is 5.45. The van der Waals surface area contributed by atoms with Crippen molar-refractivity contribution in [1.82, 2.24) is 9.62 Å². The molecule has 3 aliphatic heterocycles. The molecule has 0 aromatic heterocycles. The molecule has 3 heterocycles. The molecule has 0 aliphatic carbocycles. The fourth-order valence-corrected chi connectivity index (χ4v) is 4.99. The lowest BCUT2D eigenvalue weighted by Crippen LogP contribution is -2.50. The van der Waals surface area contributed by atoms with Crippen LogP contribution in [-0.4, -0.2) is 68.3 Å². The van der Waals surface area contributed by atoms with Gasteiger partial charge in [-0.3, -0.25) is 4.79 Å². The molecule has 1 N–H and O–H groups in total. The zero-order valence-electron chi connectivity index (χ0n) is 15.2. The van der Waals surface area contributed by atoms with E-state index in [2.05, 4.69) is 5.32 Å². The summed E-state index contributed by atoms with van der Waals surface area (Å²) in [7, 11) is -3.29. The minimum absolute atomic E-state index is 0.00498. The van der Waals surface area contributed by atoms with Crippen LogP contribution >= 0.6 is 0 Å². The monoisotopic (exact) mass is 386 g/mol. The van der Waals surface area contributed by atoms with E-state index in [0.29, 0.717) is 24.3 Å². The molecule has 0 aromatic carbocycles. The van der Waals surface area contributed by atoms with Crippen molar-refractivity contribution in [2.45, 2.75) is 51.2 Å². The van der Waals surface area contributed by atoms with Crippen molar-refractivity contribution in [1.29, 1.82) is 0 Å². The minimum Gasteiger partial charge on any atom is -0.450 e. The van der Waals surface area contributed by atoms with Crippen molar-refractivity contribution in [3.8, 4) is 0 Å². The van der Waals surface area contributed by atoms with E-state index in [1.165, 1.54) is 4.31 Å². The molecule has 0 bridgehead atoms. The molecule has 0 radical (unpaired) electrons. The Bertz CT molecular complexity index is 716. The Kier molecular flexibility index (Phi) is 5.41. The smallest absolute Gasteiger partial charge is 0.335 e. The number of rotatable bonds is 5. The van der Waals surface area contributed by atoms with Gasteiger partial charge in [-0.2, -0.15) is 0 Å². The number of nitrogens with one attached hydrogen (secondary N) is 1. The molecule has 3 aliphatic rings. The van der Waals surface area contributed by atoms with Crippen LogP contribution < -0.4 is 5.32 Å². The summed E-state index contributed by atoms with van der Waals surface area (Å²) < 4.78 is 36.6. The van der Waals surface area contributed by atoms with Crippen LogP contribution in [0.2, 0.25) is 0 Å². The number of carbonyl (C=O) groups excluding carboxylic acids is 2. The molecule has 26 heavy (non-hydrogen) atoms. The number of ether oxygens (including phenoxy) is 2. The summed E-state index contributed by atoms with van der Waals surface area (Å²) in [5, 5.41) is 2.86. The molecule has 2 fully saturated rings. The van der Waals surface area contributed by atoms with Gasteiger partial charge in [-0.05, 0) is 26.7 Å². The maximum atomic E-state index is 12.8. The molecule has 3 rings (SSSR count). The number of nitrogens with zero attached hydrogens (tertiary/aromatic N) is 1. The lowest BCUT2D eigenvalue weighted by Gasteiger charge is -2.38. The SMILES string of the molecule is CCS(=O)(=O)N1CCC2(CC1)OC(=O)C(C)=C2C(=O)NC[C@@H]1CCCO1. The second kappa shape index (κ2) is 7.28. The Morgan fingerprint density at radius 1 is 1.35 bits per heavy atom. The average Bonchev–Trinajstić information content (AvgIpc) is 3.21. The van der Waals surface area contributed by atoms with E-state index in [-0.39, 0.29) is 43.7 Å². The fraction of sp³-hybridized carbons (Fsp3) is 0.765. The van der Waals surface area contributed by atoms with Crippen molar-refractivity contribution in [3.63, 3.8) is 0 Å². The van der Waals surface area contributed by atoms with Gasteiger partial charge in [-0.15, -0.1) is 0 Å². The highest BCUT2D eigenvalue weighted by Crippen LogP contribution is 2.41. The zero-order chi connectivity index (χ0) is 18.9. The quantitative estimate of drug-likeness (QED) is 0.684. The van der Waals surface area contributed by atoms with Gasteiger partial charge < -0.3 is 14.8 Å². The predicted molar refractivity (Wildman–Crippen MR) is 93.8 cm³/mol. The maximum Gasteiger partial charge on any atom is 0.335 e. The highest BCUT2D eigenvalue weighted by molar-refractivity contribution is 7.89. The predicted octanol–water partition coefficient (Wildman–Crippen LogP) is 0.339. The Morgan fingerprint density at radius 2 is 2.04 bits per heavy atom. The Hall–Kier alpha value is -1.45. The summed E-state index contributed by atoms with van der Waals surface area (Å²) >= 11 is 0. The van der Waals surface area contributed by atoms with Crippen molar-refractivity contribution in [3.05, 3.63) is 11.1 Å². The van der Waals surface area contributed by atoms with Crippen molar-refractivity contribution in [2.75, 3.05) is 32.0 Å². The highest BCUT2D eigenvalue weighted by Gasteiger charge is 2.51. The van der Waals surface area contributed by atoms with Crippen molar-refractivity contribution >= 4 is 21.9 Å². The maximum absolute atomic E-state index is 12.8. The molecule has 1 spiro atoms. The average molecular weight is 386 g/mol. The molecule has 1 atom stereocenters. The first kappa shape index (κ1) is 19.3. The molecule has 8 nitrogen and oxygen atoms in total. The van der Waals surface area contributed by atoms with Crippen LogP contribution in [0.25, 0.3) is 0 Å². The van der Waals surface area contributed by atoms with Crippen LogP contribution in [0.1, 0.15) is 39.5 Å². The van der Waals surface area contributed by atoms with E-state index < -0.39 is 21.6 Å². The molecule has 1 amide bonds. The number of esters is 1. The second-order valence-corrected chi connectivity index (χ2v) is 9.29. The molecule has 0 unspecified atom stereocenters. The Morgan fingerprint density at radius 3 is 2.62 bits per heavy atom. The molecule has 146 valence electrons. The van der Waals surface area contributed by atoms with Crippen molar-refractivity contribution < 1.29 is 27.5 Å². The number of hydrogen-bond acceptors (Lipinski definition) is 6. The molecular formula is C17H26N2O6S. The topological polar surface area (TPSA) is 102 Å². The number of sulfonamides is 1. The molecular weight excluding hydrogens is 360 g/mol. The zero-order valence-corrected chi connectivity index (χ0v) is 16.1. The van der Waals surface area contributed by atoms with E-state index in [4.69, 9.17) is 9.47 Å². The van der Waals surface area contributed by atoms with Crippen LogP contribution in [0.15, 0.2) is 11.1 Å². The van der Waals surface area contributed by atoms with Gasteiger partial charge in [0.1, 0.15) is 5.60 Å². The first-order valence-corrected chi connectivity index (χ1v) is 10.7. The largest absolute Gasteiger partial charge is 0.450 e. The summed E-state index contributed by atoms with van der Waals surface area (Å²) in [6.07, 6.45) is 2.47. The van der Waals surface area contributed by atoms with Gasteiger partial charge in [-0.1, -0.05) is 0 Å². The number of carbonyl (C=O) groups is 2. The van der Waals surface area contributed by atoms with Gasteiger partial charge in [0.05, 0.1) is 17.4 Å². The van der Waals surface area contributed by atoms with Crippen LogP contribution in [0.5, 0.6) is 0 Å². The van der Waals surface area contributed by atoms with Crippen LogP contribution in [-0.2, 0) is 29.1 Å². The molecule has 0 aromatic rings. The third-order valence-corrected chi connectivity index (χ3v) is 7.34. The fourth-order valence-electron chi connectivity index (χ4n) is 3.89. The van der Waals surface area contributed by atoms with Gasteiger partial charge in [0.25, 0.3) is 5.91 Å². The van der Waals surface area contributed by atoms with Gasteiger partial charge >= 0.3 is 5.97 Å². The summed E-state index contributed by atoms with van der Waals surface area (Å²) in [6, 6.07) is 0. The van der Waals surface area contributed by atoms with E-state index in [1.807, 2.05) is 0 Å². The van der Waals surface area contributed by atoms with Crippen LogP contribution in [0.3, 0.4) is 0 Å². The van der Waals surface area contributed by atoms with Gasteiger partial charge in [0, 0.05) is 44.7 Å². The summed E-state index contributed by atoms with van der Waals surface area (Å²) in [6.45, 7) is 4.76. The van der Waals surface area contributed by atoms with Crippen molar-refractivity contribution in [2.24, 2.45) is 0 Å². The summed E-state index contributed by atoms with van der Waals surface area (Å²) in [4.78, 5) is 24.9. The Balaban J connectivity index is 1.72. The van der Waals surface area contributed by atoms with Crippen LogP contribution in [0.4, 0.5) is 0 Å². The minimum atomic E-state index is -3.29. The first-order valence-electron chi connectivity index (χ1n) is 9.11. The van der Waals surface area contributed by atoms with E-state index in [1.54, 1.807) is 13.8 Å². The van der Waals surface area contributed by atoms with E-state index in [0.717, 1.165) is 12.8 Å². The number of amides is 1. The number of hydrogen-bond donors (Lipinski definition) is 1. The molecule has 0 saturated carbocycles. The van der Waals surface area contributed by atoms with Gasteiger partial charge in [-0.25, -0.2) is 17.5 Å². The van der Waals surface area contributed by atoms with Gasteiger partial charge in [0.2, 0.25) is 10.0 Å². The number of piperidine rings is 1. The summed E-state index contributed by atoms with van der Waals surface area (Å²) in [5.74, 6) is -0.793. The molecule has 9 heteroatoms. The molecule has 2 saturated heterocycles.